The van der Waals surface area contributed by atoms with E-state index in [1.54, 1.807) is 18.6 Å². The van der Waals surface area contributed by atoms with Gasteiger partial charge in [0.25, 0.3) is 5.91 Å². The van der Waals surface area contributed by atoms with Crippen LogP contribution in [0.4, 0.5) is 17.3 Å². The second-order valence-corrected chi connectivity index (χ2v) is 10.8. The van der Waals surface area contributed by atoms with Gasteiger partial charge in [-0.3, -0.25) is 14.7 Å². The van der Waals surface area contributed by atoms with Crippen LogP contribution in [-0.2, 0) is 6.42 Å². The van der Waals surface area contributed by atoms with Gasteiger partial charge in [-0.15, -0.1) is 0 Å². The molecule has 1 atom stereocenters. The van der Waals surface area contributed by atoms with Gasteiger partial charge in [0, 0.05) is 73.3 Å². The van der Waals surface area contributed by atoms with Crippen molar-refractivity contribution in [3.05, 3.63) is 95.4 Å². The number of benzene rings is 2. The highest BCUT2D eigenvalue weighted by Crippen LogP contribution is 2.35. The number of hydrogen-bond donors (Lipinski definition) is 2. The van der Waals surface area contributed by atoms with E-state index in [-0.39, 0.29) is 5.91 Å². The Morgan fingerprint density at radius 3 is 2.70 bits per heavy atom. The molecule has 2 aromatic carbocycles. The normalized spacial score (nSPS) is 17.7. The maximum Gasteiger partial charge on any atom is 0.255 e. The van der Waals surface area contributed by atoms with Crippen LogP contribution in [0, 0.1) is 6.92 Å². The molecule has 1 aliphatic heterocycles. The number of anilines is 3. The van der Waals surface area contributed by atoms with E-state index in [1.165, 1.54) is 17.5 Å². The topological polar surface area (TPSA) is 86.3 Å². The van der Waals surface area contributed by atoms with Crippen molar-refractivity contribution in [2.24, 2.45) is 0 Å². The molecule has 3 heterocycles. The molecule has 2 N–H and O–H groups in total. The van der Waals surface area contributed by atoms with Crippen LogP contribution in [0.25, 0.3) is 11.3 Å². The van der Waals surface area contributed by atoms with Crippen molar-refractivity contribution >= 4 is 23.2 Å². The third kappa shape index (κ3) is 5.73. The standard InChI is InChI=1S/C32H35N7O/c1-22-8-10-26(20-29(22)37-32-34-14-12-28(36-32)25-6-4-13-33-21-25)35-31(40)24-9-11-27-23(19-24)5-3-7-30(27)39-17-15-38(2)16-18-39/h4,6,8-14,19-21,30H,3,5,7,15-18H2,1-2H3,(H,35,40)(H,34,36,37)/t30-/m1/s1. The highest BCUT2D eigenvalue weighted by atomic mass is 16.1. The smallest absolute Gasteiger partial charge is 0.255 e. The summed E-state index contributed by atoms with van der Waals surface area (Å²) in [7, 11) is 2.19. The van der Waals surface area contributed by atoms with E-state index in [9.17, 15) is 4.79 Å². The zero-order valence-electron chi connectivity index (χ0n) is 23.1. The highest BCUT2D eigenvalue weighted by molar-refractivity contribution is 6.04. The molecule has 2 aromatic heterocycles. The van der Waals surface area contributed by atoms with Crippen LogP contribution >= 0.6 is 0 Å². The molecule has 1 amide bonds. The van der Waals surface area contributed by atoms with Gasteiger partial charge < -0.3 is 15.5 Å². The largest absolute Gasteiger partial charge is 0.324 e. The van der Waals surface area contributed by atoms with Gasteiger partial charge >= 0.3 is 0 Å². The van der Waals surface area contributed by atoms with Crippen LogP contribution in [0.3, 0.4) is 0 Å². The van der Waals surface area contributed by atoms with Gasteiger partial charge in [0.2, 0.25) is 5.95 Å². The molecule has 0 unspecified atom stereocenters. The number of rotatable bonds is 6. The molecule has 1 aliphatic carbocycles. The quantitative estimate of drug-likeness (QED) is 0.340. The van der Waals surface area contributed by atoms with Gasteiger partial charge in [0.1, 0.15) is 0 Å². The number of nitrogens with one attached hydrogen (secondary N) is 2. The minimum Gasteiger partial charge on any atom is -0.324 e. The number of nitrogens with zero attached hydrogens (tertiary/aromatic N) is 5. The number of amides is 1. The number of hydrogen-bond acceptors (Lipinski definition) is 7. The molecule has 8 nitrogen and oxygen atoms in total. The second-order valence-electron chi connectivity index (χ2n) is 10.8. The summed E-state index contributed by atoms with van der Waals surface area (Å²) in [5, 5.41) is 6.40. The highest BCUT2D eigenvalue weighted by Gasteiger charge is 2.28. The minimum absolute atomic E-state index is 0.103. The third-order valence-electron chi connectivity index (χ3n) is 8.02. The van der Waals surface area contributed by atoms with Crippen LogP contribution in [0.1, 0.15) is 45.9 Å². The molecule has 0 radical (unpaired) electrons. The van der Waals surface area contributed by atoms with Crippen LogP contribution in [0.5, 0.6) is 0 Å². The molecule has 0 bridgehead atoms. The van der Waals surface area contributed by atoms with E-state index in [4.69, 9.17) is 0 Å². The molecule has 0 spiro atoms. The summed E-state index contributed by atoms with van der Waals surface area (Å²) in [5.74, 6) is 0.381. The van der Waals surface area contributed by atoms with E-state index in [0.717, 1.165) is 67.2 Å². The van der Waals surface area contributed by atoms with E-state index >= 15 is 0 Å². The maximum atomic E-state index is 13.3. The Bertz CT molecular complexity index is 1500. The van der Waals surface area contributed by atoms with Crippen molar-refractivity contribution in [3.63, 3.8) is 0 Å². The van der Waals surface area contributed by atoms with Crippen LogP contribution in [-0.4, -0.2) is 63.9 Å². The molecular weight excluding hydrogens is 498 g/mol. The SMILES string of the molecule is Cc1ccc(NC(=O)c2ccc3c(c2)CCC[C@H]3N2CCN(C)CC2)cc1Nc1nccc(-c2cccnc2)n1. The summed E-state index contributed by atoms with van der Waals surface area (Å²) in [6.45, 7) is 6.44. The van der Waals surface area contributed by atoms with Crippen LogP contribution in [0.2, 0.25) is 0 Å². The first-order chi connectivity index (χ1) is 19.5. The van der Waals surface area contributed by atoms with Crippen LogP contribution < -0.4 is 10.6 Å². The Morgan fingerprint density at radius 1 is 1.00 bits per heavy atom. The first-order valence-corrected chi connectivity index (χ1v) is 14.0. The summed E-state index contributed by atoms with van der Waals surface area (Å²) in [6.07, 6.45) is 8.62. The van der Waals surface area contributed by atoms with Crippen molar-refractivity contribution in [2.75, 3.05) is 43.9 Å². The molecular formula is C32H35N7O. The first-order valence-electron chi connectivity index (χ1n) is 14.0. The molecule has 4 aromatic rings. The van der Waals surface area contributed by atoms with Gasteiger partial charge in [-0.25, -0.2) is 9.97 Å². The maximum absolute atomic E-state index is 13.3. The molecule has 1 saturated heterocycles. The summed E-state index contributed by atoms with van der Waals surface area (Å²) < 4.78 is 0. The summed E-state index contributed by atoms with van der Waals surface area (Å²) >= 11 is 0. The Balaban J connectivity index is 1.16. The molecule has 1 fully saturated rings. The lowest BCUT2D eigenvalue weighted by atomic mass is 9.85. The van der Waals surface area contributed by atoms with E-state index < -0.39 is 0 Å². The summed E-state index contributed by atoms with van der Waals surface area (Å²) in [6, 6.07) is 18.3. The lowest BCUT2D eigenvalue weighted by Gasteiger charge is -2.40. The van der Waals surface area contributed by atoms with E-state index in [2.05, 4.69) is 54.6 Å². The molecule has 0 saturated carbocycles. The number of likely N-dealkylation sites (N-methyl/N-ethyl adjacent to an activating group) is 1. The number of piperazine rings is 1. The Labute approximate surface area is 235 Å². The van der Waals surface area contributed by atoms with E-state index in [0.29, 0.717) is 17.6 Å². The van der Waals surface area contributed by atoms with Crippen molar-refractivity contribution < 1.29 is 4.79 Å². The Kier molecular flexibility index (Phi) is 7.53. The number of carbonyl (C=O) groups excluding carboxylic acids is 1. The number of aromatic nitrogens is 3. The van der Waals surface area contributed by atoms with E-state index in [1.807, 2.05) is 49.4 Å². The predicted octanol–water partition coefficient (Wildman–Crippen LogP) is 5.47. The van der Waals surface area contributed by atoms with Crippen molar-refractivity contribution in [2.45, 2.75) is 32.2 Å². The third-order valence-corrected chi connectivity index (χ3v) is 8.02. The summed E-state index contributed by atoms with van der Waals surface area (Å²) in [5.41, 5.74) is 7.68. The first kappa shape index (κ1) is 26.1. The summed E-state index contributed by atoms with van der Waals surface area (Å²) in [4.78, 5) is 31.5. The monoisotopic (exact) mass is 533 g/mol. The van der Waals surface area contributed by atoms with Crippen molar-refractivity contribution in [3.8, 4) is 11.3 Å². The zero-order valence-corrected chi connectivity index (χ0v) is 23.1. The molecule has 204 valence electrons. The van der Waals surface area contributed by atoms with Gasteiger partial charge in [-0.05, 0) is 92.4 Å². The fourth-order valence-electron chi connectivity index (χ4n) is 5.69. The fraction of sp³-hybridized carbons (Fsp3) is 0.312. The Morgan fingerprint density at radius 2 is 1.88 bits per heavy atom. The van der Waals surface area contributed by atoms with Crippen molar-refractivity contribution in [1.29, 1.82) is 0 Å². The number of aryl methyl sites for hydroxylation is 2. The molecule has 40 heavy (non-hydrogen) atoms. The van der Waals surface area contributed by atoms with Crippen LogP contribution in [0.15, 0.2) is 73.2 Å². The van der Waals surface area contributed by atoms with Gasteiger partial charge in [-0.2, -0.15) is 0 Å². The predicted molar refractivity (Wildman–Crippen MR) is 159 cm³/mol. The van der Waals surface area contributed by atoms with Gasteiger partial charge in [0.05, 0.1) is 5.69 Å². The number of pyridine rings is 1. The molecule has 2 aliphatic rings. The molecule has 6 rings (SSSR count). The fourth-order valence-corrected chi connectivity index (χ4v) is 5.69. The average Bonchev–Trinajstić information content (AvgIpc) is 2.99. The second kappa shape index (κ2) is 11.5. The van der Waals surface area contributed by atoms with Crippen molar-refractivity contribution in [1.82, 2.24) is 24.8 Å². The number of carbonyl (C=O) groups is 1. The van der Waals surface area contributed by atoms with Gasteiger partial charge in [-0.1, -0.05) is 12.1 Å². The number of fused-ring (bicyclic) bond motifs is 1. The molecule has 8 heteroatoms. The van der Waals surface area contributed by atoms with Gasteiger partial charge in [0.15, 0.2) is 0 Å². The zero-order chi connectivity index (χ0) is 27.5. The average molecular weight is 534 g/mol. The lowest BCUT2D eigenvalue weighted by molar-refractivity contribution is 0.101. The Hall–Kier alpha value is -4.14. The minimum atomic E-state index is -0.103. The lowest BCUT2D eigenvalue weighted by Crippen LogP contribution is -2.46.